The fourth-order valence-corrected chi connectivity index (χ4v) is 1.18. The van der Waals surface area contributed by atoms with E-state index in [1.807, 2.05) is 0 Å². The highest BCUT2D eigenvalue weighted by molar-refractivity contribution is 8.18. The molecule has 0 unspecified atom stereocenters. The third-order valence-corrected chi connectivity index (χ3v) is 2.02. The molecule has 0 saturated carbocycles. The van der Waals surface area contributed by atoms with Gasteiger partial charge in [-0.1, -0.05) is 0 Å². The predicted octanol–water partition coefficient (Wildman–Crippen LogP) is 2.13. The quantitative estimate of drug-likeness (QED) is 0.264. The maximum absolute atomic E-state index is 10.3. The molecule has 6 heteroatoms. The number of nitrogens with one attached hydrogen (secondary N) is 1. The number of thioether (sulfide) groups is 1. The molecule has 1 N–H and O–H groups in total. The molecular formula is C8H5N3O2S. The van der Waals surface area contributed by atoms with E-state index in [1.165, 1.54) is 24.3 Å². The van der Waals surface area contributed by atoms with Crippen molar-refractivity contribution in [3.63, 3.8) is 0 Å². The molecular weight excluding hydrogens is 202 g/mol. The van der Waals surface area contributed by atoms with Gasteiger partial charge in [-0.05, 0) is 12.1 Å². The van der Waals surface area contributed by atoms with Crippen molar-refractivity contribution in [3.8, 4) is 5.40 Å². The SMILES string of the molecule is N#CSC(=N)c1ccc([N+](=O)[O-])cc1. The van der Waals surface area contributed by atoms with Crippen LogP contribution in [-0.4, -0.2) is 9.97 Å². The average molecular weight is 207 g/mol. The summed E-state index contributed by atoms with van der Waals surface area (Å²) in [7, 11) is 0. The lowest BCUT2D eigenvalue weighted by atomic mass is 10.2. The van der Waals surface area contributed by atoms with Gasteiger partial charge in [0, 0.05) is 29.5 Å². The van der Waals surface area contributed by atoms with E-state index in [1.54, 1.807) is 5.40 Å². The molecule has 0 fully saturated rings. The van der Waals surface area contributed by atoms with Crippen molar-refractivity contribution in [2.75, 3.05) is 0 Å². The topological polar surface area (TPSA) is 90.8 Å². The van der Waals surface area contributed by atoms with Gasteiger partial charge in [0.15, 0.2) is 0 Å². The van der Waals surface area contributed by atoms with Gasteiger partial charge in [0.2, 0.25) is 0 Å². The van der Waals surface area contributed by atoms with Crippen LogP contribution in [-0.2, 0) is 0 Å². The zero-order valence-electron chi connectivity index (χ0n) is 6.93. The summed E-state index contributed by atoms with van der Waals surface area (Å²) in [6.07, 6.45) is 0. The predicted molar refractivity (Wildman–Crippen MR) is 53.1 cm³/mol. The minimum Gasteiger partial charge on any atom is -0.292 e. The monoisotopic (exact) mass is 207 g/mol. The highest BCUT2D eigenvalue weighted by atomic mass is 32.2. The second-order valence-electron chi connectivity index (χ2n) is 2.33. The van der Waals surface area contributed by atoms with Gasteiger partial charge in [0.1, 0.15) is 10.4 Å². The first-order chi connectivity index (χ1) is 6.65. The molecule has 1 rings (SSSR count). The number of nitriles is 1. The van der Waals surface area contributed by atoms with E-state index < -0.39 is 4.92 Å². The van der Waals surface area contributed by atoms with Crippen LogP contribution in [0.2, 0.25) is 0 Å². The third-order valence-electron chi connectivity index (χ3n) is 1.49. The van der Waals surface area contributed by atoms with E-state index >= 15 is 0 Å². The van der Waals surface area contributed by atoms with Gasteiger partial charge in [-0.3, -0.25) is 15.5 Å². The van der Waals surface area contributed by atoms with Crippen LogP contribution in [0.25, 0.3) is 0 Å². The maximum atomic E-state index is 10.3. The molecule has 5 nitrogen and oxygen atoms in total. The zero-order valence-corrected chi connectivity index (χ0v) is 7.75. The fourth-order valence-electron chi connectivity index (χ4n) is 0.839. The Morgan fingerprint density at radius 2 is 2.07 bits per heavy atom. The molecule has 0 amide bonds. The normalized spacial score (nSPS) is 9.07. The van der Waals surface area contributed by atoms with E-state index in [-0.39, 0.29) is 10.7 Å². The summed E-state index contributed by atoms with van der Waals surface area (Å²) < 4.78 is 0. The van der Waals surface area contributed by atoms with E-state index in [9.17, 15) is 10.1 Å². The van der Waals surface area contributed by atoms with Crippen molar-refractivity contribution < 1.29 is 4.92 Å². The Balaban J connectivity index is 2.89. The number of non-ortho nitro benzene ring substituents is 1. The summed E-state index contributed by atoms with van der Waals surface area (Å²) in [6, 6.07) is 5.51. The molecule has 0 saturated heterocycles. The van der Waals surface area contributed by atoms with Crippen LogP contribution in [0.15, 0.2) is 24.3 Å². The molecule has 1 aromatic carbocycles. The lowest BCUT2D eigenvalue weighted by molar-refractivity contribution is -0.384. The highest BCUT2D eigenvalue weighted by Crippen LogP contribution is 2.15. The first-order valence-corrected chi connectivity index (χ1v) is 4.36. The van der Waals surface area contributed by atoms with Crippen LogP contribution >= 0.6 is 11.8 Å². The lowest BCUT2D eigenvalue weighted by Gasteiger charge is -1.97. The van der Waals surface area contributed by atoms with Gasteiger partial charge in [0.05, 0.1) is 4.92 Å². The van der Waals surface area contributed by atoms with Crippen molar-refractivity contribution in [2.45, 2.75) is 0 Å². The molecule has 0 spiro atoms. The number of nitro groups is 1. The van der Waals surface area contributed by atoms with Crippen LogP contribution < -0.4 is 0 Å². The molecule has 1 aromatic rings. The number of hydrogen-bond acceptors (Lipinski definition) is 5. The summed E-state index contributed by atoms with van der Waals surface area (Å²) >= 11 is 0.718. The molecule has 14 heavy (non-hydrogen) atoms. The van der Waals surface area contributed by atoms with E-state index in [0.29, 0.717) is 5.56 Å². The third kappa shape index (κ3) is 2.31. The van der Waals surface area contributed by atoms with Crippen LogP contribution in [0.4, 0.5) is 5.69 Å². The van der Waals surface area contributed by atoms with Crippen LogP contribution in [0.3, 0.4) is 0 Å². The summed E-state index contributed by atoms with van der Waals surface area (Å²) in [5.74, 6) is 0. The second kappa shape index (κ2) is 4.39. The maximum Gasteiger partial charge on any atom is 0.269 e. The van der Waals surface area contributed by atoms with Gasteiger partial charge in [-0.15, -0.1) is 0 Å². The summed E-state index contributed by atoms with van der Waals surface area (Å²) in [6.45, 7) is 0. The Bertz CT molecular complexity index is 408. The van der Waals surface area contributed by atoms with Crippen molar-refractivity contribution in [3.05, 3.63) is 39.9 Å². The Kier molecular flexibility index (Phi) is 3.20. The zero-order chi connectivity index (χ0) is 10.6. The molecule has 70 valence electrons. The smallest absolute Gasteiger partial charge is 0.269 e. The van der Waals surface area contributed by atoms with Gasteiger partial charge in [-0.2, -0.15) is 5.26 Å². The van der Waals surface area contributed by atoms with Crippen LogP contribution in [0.1, 0.15) is 5.56 Å². The Hall–Kier alpha value is -1.87. The molecule has 0 radical (unpaired) electrons. The highest BCUT2D eigenvalue weighted by Gasteiger charge is 2.06. The summed E-state index contributed by atoms with van der Waals surface area (Å²) in [5, 5.41) is 27.8. The van der Waals surface area contributed by atoms with E-state index in [2.05, 4.69) is 0 Å². The van der Waals surface area contributed by atoms with Gasteiger partial charge in [-0.25, -0.2) is 0 Å². The van der Waals surface area contributed by atoms with Crippen LogP contribution in [0.5, 0.6) is 0 Å². The van der Waals surface area contributed by atoms with Crippen molar-refractivity contribution in [1.29, 1.82) is 10.7 Å². The van der Waals surface area contributed by atoms with Crippen LogP contribution in [0, 0.1) is 26.2 Å². The lowest BCUT2D eigenvalue weighted by Crippen LogP contribution is -1.93. The standard InChI is InChI=1S/C8H5N3O2S/c9-5-14-8(10)6-1-3-7(4-2-6)11(12)13/h1-4,10H. The number of benzene rings is 1. The second-order valence-corrected chi connectivity index (χ2v) is 3.12. The molecule has 0 aliphatic rings. The molecule has 0 atom stereocenters. The van der Waals surface area contributed by atoms with Gasteiger partial charge in [0.25, 0.3) is 5.69 Å². The number of hydrogen-bond donors (Lipinski definition) is 1. The number of rotatable bonds is 2. The molecule has 0 aliphatic heterocycles. The van der Waals surface area contributed by atoms with Crippen molar-refractivity contribution in [1.82, 2.24) is 0 Å². The van der Waals surface area contributed by atoms with E-state index in [0.717, 1.165) is 11.8 Å². The number of nitro benzene ring substituents is 1. The first-order valence-electron chi connectivity index (χ1n) is 3.54. The minimum absolute atomic E-state index is 0.0245. The van der Waals surface area contributed by atoms with Gasteiger partial charge < -0.3 is 0 Å². The molecule has 0 aliphatic carbocycles. The summed E-state index contributed by atoms with van der Waals surface area (Å²) in [4.78, 5) is 9.79. The first kappa shape index (κ1) is 10.2. The van der Waals surface area contributed by atoms with Crippen molar-refractivity contribution in [2.24, 2.45) is 0 Å². The minimum atomic E-state index is -0.509. The van der Waals surface area contributed by atoms with E-state index in [4.69, 9.17) is 10.7 Å². The average Bonchev–Trinajstić information content (AvgIpc) is 2.18. The Morgan fingerprint density at radius 3 is 2.50 bits per heavy atom. The van der Waals surface area contributed by atoms with Crippen molar-refractivity contribution >= 4 is 22.5 Å². The molecule has 0 heterocycles. The number of nitrogens with zero attached hydrogens (tertiary/aromatic N) is 2. The number of thiocyanates is 1. The molecule has 0 bridgehead atoms. The Morgan fingerprint density at radius 1 is 1.50 bits per heavy atom. The Labute approximate surface area is 84.0 Å². The molecule has 0 aromatic heterocycles. The largest absolute Gasteiger partial charge is 0.292 e. The van der Waals surface area contributed by atoms with Gasteiger partial charge >= 0.3 is 0 Å². The summed E-state index contributed by atoms with van der Waals surface area (Å²) in [5.41, 5.74) is 0.477. The fraction of sp³-hybridized carbons (Fsp3) is 0.